The first-order valence-corrected chi connectivity index (χ1v) is 13.6. The summed E-state index contributed by atoms with van der Waals surface area (Å²) in [5, 5.41) is 21.2. The summed E-state index contributed by atoms with van der Waals surface area (Å²) < 4.78 is 8.29. The Kier molecular flexibility index (Phi) is 7.71. The first-order valence-electron chi connectivity index (χ1n) is 13.6. The second-order valence-electron chi connectivity index (χ2n) is 10.9. The van der Waals surface area contributed by atoms with Gasteiger partial charge in [0.2, 0.25) is 5.82 Å². The van der Waals surface area contributed by atoms with Crippen molar-refractivity contribution in [2.75, 3.05) is 12.4 Å². The van der Waals surface area contributed by atoms with Crippen LogP contribution >= 0.6 is 0 Å². The molecule has 3 aromatic rings. The molecule has 1 unspecified atom stereocenters. The monoisotopic (exact) mass is 505 g/mol. The van der Waals surface area contributed by atoms with Crippen LogP contribution in [-0.2, 0) is 11.3 Å². The molecule has 0 radical (unpaired) electrons. The Bertz CT molecular complexity index is 1220. The highest BCUT2D eigenvalue weighted by molar-refractivity contribution is 5.95. The van der Waals surface area contributed by atoms with Crippen LogP contribution < -0.4 is 10.8 Å². The molecule has 2 aliphatic carbocycles. The Morgan fingerprint density at radius 1 is 1.11 bits per heavy atom. The topological polar surface area (TPSA) is 121 Å². The van der Waals surface area contributed by atoms with Gasteiger partial charge in [0.25, 0.3) is 0 Å². The number of hydrogen-bond acceptors (Lipinski definition) is 7. The highest BCUT2D eigenvalue weighted by Crippen LogP contribution is 2.36. The van der Waals surface area contributed by atoms with Gasteiger partial charge in [0.05, 0.1) is 0 Å². The van der Waals surface area contributed by atoms with Crippen LogP contribution in [0.15, 0.2) is 30.3 Å². The highest BCUT2D eigenvalue weighted by Gasteiger charge is 2.30. The summed E-state index contributed by atoms with van der Waals surface area (Å²) >= 11 is 0. The second kappa shape index (κ2) is 11.1. The molecular formula is C28H39N7O2. The maximum Gasteiger partial charge on any atom is 0.201 e. The van der Waals surface area contributed by atoms with Crippen LogP contribution in [0, 0.1) is 23.2 Å². The third kappa shape index (κ3) is 5.33. The van der Waals surface area contributed by atoms with Gasteiger partial charge in [-0.2, -0.15) is 0 Å². The van der Waals surface area contributed by atoms with Crippen molar-refractivity contribution in [2.24, 2.45) is 17.8 Å². The molecule has 0 aliphatic heterocycles. The molecular weight excluding hydrogens is 466 g/mol. The van der Waals surface area contributed by atoms with E-state index >= 15 is 0 Å². The van der Waals surface area contributed by atoms with Gasteiger partial charge in [-0.25, -0.2) is 20.4 Å². The van der Waals surface area contributed by atoms with Crippen molar-refractivity contribution in [3.8, 4) is 0 Å². The Balaban J connectivity index is 1.65. The second-order valence-corrected chi connectivity index (χ2v) is 10.9. The van der Waals surface area contributed by atoms with Crippen molar-refractivity contribution in [3.05, 3.63) is 47.5 Å². The Morgan fingerprint density at radius 2 is 1.84 bits per heavy atom. The van der Waals surface area contributed by atoms with Crippen molar-refractivity contribution < 1.29 is 9.94 Å². The number of hydrogen-bond donors (Lipinski definition) is 4. The Hall–Kier alpha value is -3.04. The van der Waals surface area contributed by atoms with Gasteiger partial charge in [-0.1, -0.05) is 56.5 Å². The molecule has 0 amide bonds. The number of imidazole rings is 1. The smallest absolute Gasteiger partial charge is 0.201 e. The molecule has 4 N–H and O–H groups in total. The van der Waals surface area contributed by atoms with Gasteiger partial charge in [0.15, 0.2) is 17.3 Å². The van der Waals surface area contributed by atoms with E-state index < -0.39 is 0 Å². The van der Waals surface area contributed by atoms with E-state index in [2.05, 4.69) is 40.8 Å². The fourth-order valence-electron chi connectivity index (χ4n) is 5.76. The average molecular weight is 506 g/mol. The number of fused-ring (bicyclic) bond motifs is 1. The van der Waals surface area contributed by atoms with Gasteiger partial charge in [-0.3, -0.25) is 10.6 Å². The fourth-order valence-corrected chi connectivity index (χ4v) is 5.76. The Labute approximate surface area is 218 Å². The molecule has 2 fully saturated rings. The molecule has 9 nitrogen and oxygen atoms in total. The summed E-state index contributed by atoms with van der Waals surface area (Å²) in [6.07, 6.45) is 8.14. The Morgan fingerprint density at radius 3 is 2.46 bits per heavy atom. The lowest BCUT2D eigenvalue weighted by Crippen LogP contribution is -2.32. The molecule has 9 heteroatoms. The first-order chi connectivity index (χ1) is 18.0. The number of nitrogens with zero attached hydrogens (tertiary/aromatic N) is 4. The zero-order valence-electron chi connectivity index (χ0n) is 22.1. The lowest BCUT2D eigenvalue weighted by Gasteiger charge is -2.32. The predicted octanol–water partition coefficient (Wildman–Crippen LogP) is 5.29. The van der Waals surface area contributed by atoms with Gasteiger partial charge < -0.3 is 14.6 Å². The molecule has 0 bridgehead atoms. The number of rotatable bonds is 9. The van der Waals surface area contributed by atoms with E-state index in [1.54, 1.807) is 7.11 Å². The fraction of sp³-hybridized carbons (Fsp3) is 0.571. The summed E-state index contributed by atoms with van der Waals surface area (Å²) in [4.78, 5) is 14.3. The molecule has 2 aliphatic rings. The van der Waals surface area contributed by atoms with Crippen molar-refractivity contribution in [1.29, 1.82) is 5.41 Å². The number of methoxy groups -OCH3 is 1. The minimum Gasteiger partial charge on any atom is -0.369 e. The van der Waals surface area contributed by atoms with Gasteiger partial charge in [-0.15, -0.1) is 0 Å². The van der Waals surface area contributed by atoms with Crippen LogP contribution in [0.2, 0.25) is 0 Å². The molecule has 2 aromatic heterocycles. The number of amidine groups is 1. The van der Waals surface area contributed by atoms with E-state index in [1.807, 2.05) is 23.7 Å². The third-order valence-electron chi connectivity index (χ3n) is 8.34. The quantitative estimate of drug-likeness (QED) is 0.177. The van der Waals surface area contributed by atoms with Gasteiger partial charge in [0.1, 0.15) is 17.4 Å². The lowest BCUT2D eigenvalue weighted by molar-refractivity contribution is 0.124. The SMILES string of the molecule is COC(c1ccccc1)c1nc2nc(C(=N)NO)nc(N[C@H](C)C3CCC3)c2n1C[C@H]1CC[C@H](C)CC1. The van der Waals surface area contributed by atoms with Gasteiger partial charge in [0, 0.05) is 19.7 Å². The van der Waals surface area contributed by atoms with Crippen LogP contribution in [0.25, 0.3) is 11.2 Å². The van der Waals surface area contributed by atoms with E-state index in [0.717, 1.165) is 29.4 Å². The van der Waals surface area contributed by atoms with Crippen molar-refractivity contribution in [1.82, 2.24) is 25.0 Å². The molecule has 2 heterocycles. The maximum atomic E-state index is 9.42. The molecule has 0 spiro atoms. The highest BCUT2D eigenvalue weighted by atomic mass is 16.5. The van der Waals surface area contributed by atoms with E-state index in [-0.39, 0.29) is 23.8 Å². The number of benzene rings is 1. The number of nitrogens with one attached hydrogen (secondary N) is 3. The molecule has 0 saturated heterocycles. The van der Waals surface area contributed by atoms with Crippen molar-refractivity contribution in [2.45, 2.75) is 77.5 Å². The summed E-state index contributed by atoms with van der Waals surface area (Å²) in [6.45, 7) is 5.35. The zero-order valence-corrected chi connectivity index (χ0v) is 22.1. The zero-order chi connectivity index (χ0) is 25.9. The molecule has 2 atom stereocenters. The third-order valence-corrected chi connectivity index (χ3v) is 8.34. The maximum absolute atomic E-state index is 9.42. The van der Waals surface area contributed by atoms with Crippen molar-refractivity contribution >= 4 is 22.8 Å². The van der Waals surface area contributed by atoms with Crippen LogP contribution in [0.5, 0.6) is 0 Å². The van der Waals surface area contributed by atoms with E-state index in [9.17, 15) is 5.21 Å². The van der Waals surface area contributed by atoms with Gasteiger partial charge >= 0.3 is 0 Å². The van der Waals surface area contributed by atoms with Crippen LogP contribution in [-0.4, -0.2) is 43.7 Å². The largest absolute Gasteiger partial charge is 0.369 e. The predicted molar refractivity (Wildman–Crippen MR) is 144 cm³/mol. The summed E-state index contributed by atoms with van der Waals surface area (Å²) in [5.74, 6) is 3.20. The molecule has 198 valence electrons. The van der Waals surface area contributed by atoms with E-state index in [0.29, 0.717) is 23.3 Å². The van der Waals surface area contributed by atoms with E-state index in [4.69, 9.17) is 20.1 Å². The summed E-state index contributed by atoms with van der Waals surface area (Å²) in [5.41, 5.74) is 4.26. The van der Waals surface area contributed by atoms with Crippen LogP contribution in [0.3, 0.4) is 0 Å². The molecule has 37 heavy (non-hydrogen) atoms. The minimum atomic E-state index is -0.367. The summed E-state index contributed by atoms with van der Waals surface area (Å²) in [6, 6.07) is 10.4. The number of hydroxylamine groups is 1. The number of anilines is 1. The minimum absolute atomic E-state index is 0.106. The normalized spacial score (nSPS) is 21.8. The average Bonchev–Trinajstić information content (AvgIpc) is 3.23. The molecule has 1 aromatic carbocycles. The first kappa shape index (κ1) is 25.6. The van der Waals surface area contributed by atoms with Crippen molar-refractivity contribution in [3.63, 3.8) is 0 Å². The van der Waals surface area contributed by atoms with Crippen LogP contribution in [0.4, 0.5) is 5.82 Å². The molecule has 5 rings (SSSR count). The lowest BCUT2D eigenvalue weighted by atomic mass is 9.80. The number of aromatic nitrogens is 4. The van der Waals surface area contributed by atoms with Gasteiger partial charge in [-0.05, 0) is 55.9 Å². The number of ether oxygens (including phenoxy) is 1. The summed E-state index contributed by atoms with van der Waals surface area (Å²) in [7, 11) is 1.71. The van der Waals surface area contributed by atoms with E-state index in [1.165, 1.54) is 44.9 Å². The molecule has 2 saturated carbocycles. The van der Waals surface area contributed by atoms with Crippen LogP contribution in [0.1, 0.15) is 82.1 Å². The standard InChI is InChI=1S/C28H39N7O2/c1-17-12-14-19(15-13-17)16-35-22-25(30-18(2)20-10-7-11-20)31-27(24(29)34-36)32-26(22)33-28(35)23(37-3)21-8-5-4-6-9-21/h4-6,8-9,17-20,23,36H,7,10-16H2,1-3H3,(H2,29,34)(H,30,31,32)/t17-,18-,19-,23?/m1/s1.